The van der Waals surface area contributed by atoms with Gasteiger partial charge in [0.2, 0.25) is 5.95 Å². The molecule has 2 aromatic heterocycles. The van der Waals surface area contributed by atoms with Crippen LogP contribution in [0.4, 0.5) is 19.1 Å². The van der Waals surface area contributed by atoms with Gasteiger partial charge in [-0.3, -0.25) is 13.9 Å². The standard InChI is InChI=1S/C11H14F3N5O2/c1-18-7-6(8(20)19(2)10(18)21)16-9(17-7)15-5-3-4-11(12,13)14/h3-5H2,1-2H3,(H2,15,16,17). The van der Waals surface area contributed by atoms with E-state index in [1.165, 1.54) is 18.7 Å². The first-order valence-corrected chi connectivity index (χ1v) is 6.17. The van der Waals surface area contributed by atoms with Crippen LogP contribution in [0.2, 0.25) is 0 Å². The maximum atomic E-state index is 12.0. The molecule has 0 aromatic carbocycles. The molecule has 2 aromatic rings. The van der Waals surface area contributed by atoms with Crippen LogP contribution in [0.3, 0.4) is 0 Å². The number of nitrogens with zero attached hydrogens (tertiary/aromatic N) is 3. The highest BCUT2D eigenvalue weighted by Gasteiger charge is 2.25. The van der Waals surface area contributed by atoms with Crippen LogP contribution in [-0.2, 0) is 14.1 Å². The van der Waals surface area contributed by atoms with Crippen molar-refractivity contribution in [2.45, 2.75) is 19.0 Å². The molecule has 0 bridgehead atoms. The second-order valence-corrected chi connectivity index (χ2v) is 4.64. The zero-order valence-electron chi connectivity index (χ0n) is 11.4. The number of imidazole rings is 1. The number of fused-ring (bicyclic) bond motifs is 1. The van der Waals surface area contributed by atoms with Crippen molar-refractivity contribution in [3.63, 3.8) is 0 Å². The van der Waals surface area contributed by atoms with E-state index in [-0.39, 0.29) is 30.1 Å². The molecule has 0 aliphatic rings. The van der Waals surface area contributed by atoms with E-state index in [0.29, 0.717) is 0 Å². The largest absolute Gasteiger partial charge is 0.389 e. The normalized spacial score (nSPS) is 12.0. The van der Waals surface area contributed by atoms with Crippen LogP contribution < -0.4 is 16.6 Å². The monoisotopic (exact) mass is 305 g/mol. The van der Waals surface area contributed by atoms with E-state index in [4.69, 9.17) is 0 Å². The molecule has 7 nitrogen and oxygen atoms in total. The van der Waals surface area contributed by atoms with E-state index in [9.17, 15) is 22.8 Å². The molecule has 2 N–H and O–H groups in total. The van der Waals surface area contributed by atoms with Crippen LogP contribution in [0, 0.1) is 0 Å². The van der Waals surface area contributed by atoms with Crippen molar-refractivity contribution in [1.82, 2.24) is 19.1 Å². The summed E-state index contributed by atoms with van der Waals surface area (Å²) < 4.78 is 38.1. The van der Waals surface area contributed by atoms with E-state index in [2.05, 4.69) is 15.3 Å². The van der Waals surface area contributed by atoms with Gasteiger partial charge in [-0.25, -0.2) is 4.79 Å². The van der Waals surface area contributed by atoms with Gasteiger partial charge in [0.15, 0.2) is 11.2 Å². The lowest BCUT2D eigenvalue weighted by Gasteiger charge is -2.05. The Kier molecular flexibility index (Phi) is 3.79. The highest BCUT2D eigenvalue weighted by Crippen LogP contribution is 2.21. The highest BCUT2D eigenvalue weighted by molar-refractivity contribution is 5.72. The first kappa shape index (κ1) is 15.1. The van der Waals surface area contributed by atoms with Crippen LogP contribution >= 0.6 is 0 Å². The van der Waals surface area contributed by atoms with Crippen molar-refractivity contribution in [1.29, 1.82) is 0 Å². The molecule has 0 aliphatic heterocycles. The minimum absolute atomic E-state index is 0.0492. The predicted molar refractivity (Wildman–Crippen MR) is 70.4 cm³/mol. The van der Waals surface area contributed by atoms with Gasteiger partial charge in [0.25, 0.3) is 5.56 Å². The molecule has 10 heteroatoms. The first-order valence-electron chi connectivity index (χ1n) is 6.17. The molecule has 0 radical (unpaired) electrons. The number of alkyl halides is 3. The third kappa shape index (κ3) is 3.09. The number of rotatable bonds is 4. The Bertz CT molecular complexity index is 771. The second-order valence-electron chi connectivity index (χ2n) is 4.64. The Morgan fingerprint density at radius 2 is 1.90 bits per heavy atom. The van der Waals surface area contributed by atoms with Gasteiger partial charge in [0.1, 0.15) is 0 Å². The maximum absolute atomic E-state index is 12.0. The summed E-state index contributed by atoms with van der Waals surface area (Å²) in [5.41, 5.74) is -0.786. The number of aromatic amines is 1. The summed E-state index contributed by atoms with van der Waals surface area (Å²) in [6.45, 7) is 0.0492. The van der Waals surface area contributed by atoms with Crippen LogP contribution in [-0.4, -0.2) is 31.8 Å². The zero-order chi connectivity index (χ0) is 15.8. The van der Waals surface area contributed by atoms with Crippen molar-refractivity contribution in [2.75, 3.05) is 11.9 Å². The minimum atomic E-state index is -4.20. The topological polar surface area (TPSA) is 84.7 Å². The van der Waals surface area contributed by atoms with Gasteiger partial charge in [-0.05, 0) is 6.42 Å². The average Bonchev–Trinajstić information content (AvgIpc) is 2.82. The predicted octanol–water partition coefficient (Wildman–Crippen LogP) is 0.715. The highest BCUT2D eigenvalue weighted by atomic mass is 19.4. The van der Waals surface area contributed by atoms with E-state index < -0.39 is 23.8 Å². The summed E-state index contributed by atoms with van der Waals surface area (Å²) in [5.74, 6) is 0.158. The molecule has 0 atom stereocenters. The number of halogens is 3. The van der Waals surface area contributed by atoms with E-state index in [1.54, 1.807) is 0 Å². The Morgan fingerprint density at radius 3 is 2.52 bits per heavy atom. The van der Waals surface area contributed by atoms with E-state index >= 15 is 0 Å². The molecule has 0 saturated carbocycles. The second kappa shape index (κ2) is 5.26. The number of hydrogen-bond acceptors (Lipinski definition) is 4. The zero-order valence-corrected chi connectivity index (χ0v) is 11.4. The number of aromatic nitrogens is 4. The molecule has 0 saturated heterocycles. The third-order valence-corrected chi connectivity index (χ3v) is 3.02. The summed E-state index contributed by atoms with van der Waals surface area (Å²) in [7, 11) is 2.79. The summed E-state index contributed by atoms with van der Waals surface area (Å²) >= 11 is 0. The van der Waals surface area contributed by atoms with Gasteiger partial charge in [0, 0.05) is 27.1 Å². The van der Waals surface area contributed by atoms with Gasteiger partial charge >= 0.3 is 11.9 Å². The van der Waals surface area contributed by atoms with Gasteiger partial charge in [-0.1, -0.05) is 0 Å². The fraction of sp³-hybridized carbons (Fsp3) is 0.545. The average molecular weight is 305 g/mol. The number of aryl methyl sites for hydroxylation is 1. The van der Waals surface area contributed by atoms with Crippen LogP contribution in [0.15, 0.2) is 9.59 Å². The van der Waals surface area contributed by atoms with Crippen LogP contribution in [0.25, 0.3) is 11.2 Å². The van der Waals surface area contributed by atoms with E-state index in [1.807, 2.05) is 0 Å². The van der Waals surface area contributed by atoms with Gasteiger partial charge in [-0.15, -0.1) is 0 Å². The molecule has 116 valence electrons. The van der Waals surface area contributed by atoms with E-state index in [0.717, 1.165) is 4.57 Å². The van der Waals surface area contributed by atoms with Crippen LogP contribution in [0.1, 0.15) is 12.8 Å². The molecule has 0 spiro atoms. The summed E-state index contributed by atoms with van der Waals surface area (Å²) in [6.07, 6.45) is -5.21. The molecule has 21 heavy (non-hydrogen) atoms. The molecular weight excluding hydrogens is 291 g/mol. The molecule has 0 unspecified atom stereocenters. The minimum Gasteiger partial charge on any atom is -0.356 e. The van der Waals surface area contributed by atoms with Crippen molar-refractivity contribution in [2.24, 2.45) is 14.1 Å². The van der Waals surface area contributed by atoms with Gasteiger partial charge < -0.3 is 10.3 Å². The maximum Gasteiger partial charge on any atom is 0.389 e. The summed E-state index contributed by atoms with van der Waals surface area (Å²) in [5, 5.41) is 2.67. The lowest BCUT2D eigenvalue weighted by atomic mass is 10.3. The summed E-state index contributed by atoms with van der Waals surface area (Å²) in [4.78, 5) is 30.3. The van der Waals surface area contributed by atoms with Crippen molar-refractivity contribution in [3.8, 4) is 0 Å². The van der Waals surface area contributed by atoms with Crippen molar-refractivity contribution in [3.05, 3.63) is 20.8 Å². The Morgan fingerprint density at radius 1 is 1.24 bits per heavy atom. The molecule has 0 aliphatic carbocycles. The third-order valence-electron chi connectivity index (χ3n) is 3.02. The lowest BCUT2D eigenvalue weighted by molar-refractivity contribution is -0.134. The Labute approximate surface area is 116 Å². The summed E-state index contributed by atoms with van der Waals surface area (Å²) in [6, 6.07) is 0. The quantitative estimate of drug-likeness (QED) is 0.815. The number of nitrogens with one attached hydrogen (secondary N) is 2. The van der Waals surface area contributed by atoms with Gasteiger partial charge in [0.05, 0.1) is 0 Å². The van der Waals surface area contributed by atoms with Crippen LogP contribution in [0.5, 0.6) is 0 Å². The number of H-pyrrole nitrogens is 1. The smallest absolute Gasteiger partial charge is 0.356 e. The molecule has 2 heterocycles. The lowest BCUT2D eigenvalue weighted by Crippen LogP contribution is -2.36. The molecule has 0 amide bonds. The molecule has 0 fully saturated rings. The first-order chi connectivity index (χ1) is 9.70. The fourth-order valence-electron chi connectivity index (χ4n) is 1.91. The Hall–Kier alpha value is -2.26. The number of hydrogen-bond donors (Lipinski definition) is 2. The van der Waals surface area contributed by atoms with Gasteiger partial charge in [-0.2, -0.15) is 18.2 Å². The molecule has 2 rings (SSSR count). The van der Waals surface area contributed by atoms with Crippen molar-refractivity contribution < 1.29 is 13.2 Å². The number of anilines is 1. The molecular formula is C11H14F3N5O2. The SMILES string of the molecule is Cn1c(=O)c2[nH]c(NCCCC(F)(F)F)nc2n(C)c1=O. The Balaban J connectivity index is 2.21. The fourth-order valence-corrected chi connectivity index (χ4v) is 1.91. The van der Waals surface area contributed by atoms with Crippen molar-refractivity contribution >= 4 is 17.1 Å².